The summed E-state index contributed by atoms with van der Waals surface area (Å²) >= 11 is 6.17. The van der Waals surface area contributed by atoms with Crippen molar-refractivity contribution in [3.8, 4) is 17.6 Å². The minimum atomic E-state index is -0.275. The van der Waals surface area contributed by atoms with Crippen molar-refractivity contribution in [2.75, 3.05) is 20.3 Å². The van der Waals surface area contributed by atoms with Gasteiger partial charge in [-0.05, 0) is 37.8 Å². The molecular weight excluding hydrogens is 342 g/mol. The van der Waals surface area contributed by atoms with Gasteiger partial charge in [0.2, 0.25) is 5.91 Å². The Morgan fingerprint density at radius 1 is 1.44 bits per heavy atom. The van der Waals surface area contributed by atoms with Crippen molar-refractivity contribution in [3.63, 3.8) is 0 Å². The van der Waals surface area contributed by atoms with Crippen LogP contribution in [0.4, 0.5) is 0 Å². The van der Waals surface area contributed by atoms with Crippen LogP contribution >= 0.6 is 11.6 Å². The number of halogens is 1. The monoisotopic (exact) mass is 363 g/mol. The second-order valence-corrected chi connectivity index (χ2v) is 6.83. The van der Waals surface area contributed by atoms with Gasteiger partial charge in [-0.15, -0.1) is 0 Å². The zero-order valence-corrected chi connectivity index (χ0v) is 15.0. The highest BCUT2D eigenvalue weighted by atomic mass is 35.5. The average molecular weight is 364 g/mol. The molecule has 2 saturated heterocycles. The van der Waals surface area contributed by atoms with Crippen molar-refractivity contribution in [2.24, 2.45) is 0 Å². The highest BCUT2D eigenvalue weighted by Crippen LogP contribution is 2.29. The summed E-state index contributed by atoms with van der Waals surface area (Å²) in [6.45, 7) is 1.12. The standard InChI is InChI=1S/C18H22ClN3O3/c1-24-14-5-7-17(15(19)9-14)25-11-12-4-6-16(21-12)18(23)22-8-2-3-13(22)10-20/h5,7,9,12-13,16,21H,2-4,6,8,11H2,1H3/t12-,13+,16+/m1/s1. The number of hydrogen-bond donors (Lipinski definition) is 1. The molecule has 6 nitrogen and oxygen atoms in total. The molecule has 0 bridgehead atoms. The Morgan fingerprint density at radius 2 is 2.28 bits per heavy atom. The molecule has 7 heteroatoms. The van der Waals surface area contributed by atoms with E-state index in [2.05, 4.69) is 11.4 Å². The number of carbonyl (C=O) groups is 1. The number of ether oxygens (including phenoxy) is 2. The molecule has 0 saturated carbocycles. The van der Waals surface area contributed by atoms with Crippen LogP contribution < -0.4 is 14.8 Å². The summed E-state index contributed by atoms with van der Waals surface area (Å²) in [6, 6.07) is 7.09. The molecule has 0 spiro atoms. The fourth-order valence-electron chi connectivity index (χ4n) is 3.43. The summed E-state index contributed by atoms with van der Waals surface area (Å²) < 4.78 is 10.9. The second kappa shape index (κ2) is 7.94. The van der Waals surface area contributed by atoms with E-state index in [9.17, 15) is 4.79 Å². The zero-order valence-electron chi connectivity index (χ0n) is 14.2. The van der Waals surface area contributed by atoms with Gasteiger partial charge in [0.1, 0.15) is 24.1 Å². The normalized spacial score (nSPS) is 25.6. The highest BCUT2D eigenvalue weighted by Gasteiger charge is 2.36. The quantitative estimate of drug-likeness (QED) is 0.869. The van der Waals surface area contributed by atoms with Gasteiger partial charge in [-0.1, -0.05) is 11.6 Å². The number of hydrogen-bond acceptors (Lipinski definition) is 5. The summed E-state index contributed by atoms with van der Waals surface area (Å²) in [4.78, 5) is 14.3. The molecule has 1 aromatic rings. The number of benzene rings is 1. The Hall–Kier alpha value is -1.97. The first kappa shape index (κ1) is 17.8. The van der Waals surface area contributed by atoms with E-state index in [1.807, 2.05) is 0 Å². The number of nitrogens with zero attached hydrogens (tertiary/aromatic N) is 2. The number of nitriles is 1. The molecule has 2 heterocycles. The van der Waals surface area contributed by atoms with E-state index in [0.717, 1.165) is 25.7 Å². The smallest absolute Gasteiger partial charge is 0.240 e. The molecule has 25 heavy (non-hydrogen) atoms. The number of rotatable bonds is 5. The minimum Gasteiger partial charge on any atom is -0.497 e. The van der Waals surface area contributed by atoms with Crippen LogP contribution in [-0.2, 0) is 4.79 Å². The maximum absolute atomic E-state index is 12.6. The van der Waals surface area contributed by atoms with Crippen molar-refractivity contribution in [3.05, 3.63) is 23.2 Å². The summed E-state index contributed by atoms with van der Waals surface area (Å²) in [5.74, 6) is 1.32. The Morgan fingerprint density at radius 3 is 3.00 bits per heavy atom. The lowest BCUT2D eigenvalue weighted by atomic mass is 10.1. The first-order chi connectivity index (χ1) is 12.1. The van der Waals surface area contributed by atoms with Gasteiger partial charge in [-0.2, -0.15) is 5.26 Å². The van der Waals surface area contributed by atoms with Crippen molar-refractivity contribution in [1.82, 2.24) is 10.2 Å². The Labute approximate surface area is 152 Å². The van der Waals surface area contributed by atoms with Gasteiger partial charge in [0.15, 0.2) is 0 Å². The number of methoxy groups -OCH3 is 1. The zero-order chi connectivity index (χ0) is 17.8. The molecule has 2 aliphatic heterocycles. The first-order valence-electron chi connectivity index (χ1n) is 8.55. The van der Waals surface area contributed by atoms with Crippen LogP contribution in [0.15, 0.2) is 18.2 Å². The number of carbonyl (C=O) groups excluding carboxylic acids is 1. The predicted molar refractivity (Wildman–Crippen MR) is 93.8 cm³/mol. The summed E-state index contributed by atoms with van der Waals surface area (Å²) in [6.07, 6.45) is 3.30. The van der Waals surface area contributed by atoms with E-state index >= 15 is 0 Å². The van der Waals surface area contributed by atoms with Crippen LogP contribution in [0.2, 0.25) is 5.02 Å². The molecule has 2 fully saturated rings. The Bertz CT molecular complexity index is 676. The number of likely N-dealkylation sites (tertiary alicyclic amines) is 1. The fourth-order valence-corrected chi connectivity index (χ4v) is 3.65. The lowest BCUT2D eigenvalue weighted by Gasteiger charge is -2.24. The molecule has 3 rings (SSSR count). The topological polar surface area (TPSA) is 74.6 Å². The Kier molecular flexibility index (Phi) is 5.67. The third kappa shape index (κ3) is 4.00. The average Bonchev–Trinajstić information content (AvgIpc) is 3.29. The van der Waals surface area contributed by atoms with Crippen LogP contribution in [0, 0.1) is 11.3 Å². The van der Waals surface area contributed by atoms with E-state index in [4.69, 9.17) is 26.3 Å². The van der Waals surface area contributed by atoms with Gasteiger partial charge in [0.05, 0.1) is 24.2 Å². The van der Waals surface area contributed by atoms with Crippen molar-refractivity contribution in [2.45, 2.75) is 43.8 Å². The second-order valence-electron chi connectivity index (χ2n) is 6.42. The third-order valence-corrected chi connectivity index (χ3v) is 5.10. The van der Waals surface area contributed by atoms with E-state index < -0.39 is 0 Å². The van der Waals surface area contributed by atoms with Crippen molar-refractivity contribution in [1.29, 1.82) is 5.26 Å². The van der Waals surface area contributed by atoms with Crippen molar-refractivity contribution < 1.29 is 14.3 Å². The van der Waals surface area contributed by atoms with E-state index in [1.165, 1.54) is 0 Å². The lowest BCUT2D eigenvalue weighted by molar-refractivity contribution is -0.133. The molecule has 1 amide bonds. The third-order valence-electron chi connectivity index (χ3n) is 4.80. The summed E-state index contributed by atoms with van der Waals surface area (Å²) in [7, 11) is 1.59. The van der Waals surface area contributed by atoms with Gasteiger partial charge < -0.3 is 14.4 Å². The van der Waals surface area contributed by atoms with Crippen molar-refractivity contribution >= 4 is 17.5 Å². The van der Waals surface area contributed by atoms with Crippen LogP contribution in [0.5, 0.6) is 11.5 Å². The maximum Gasteiger partial charge on any atom is 0.240 e. The van der Waals surface area contributed by atoms with Crippen LogP contribution in [0.25, 0.3) is 0 Å². The molecule has 0 unspecified atom stereocenters. The lowest BCUT2D eigenvalue weighted by Crippen LogP contribution is -2.47. The molecule has 134 valence electrons. The SMILES string of the molecule is COc1ccc(OC[C@H]2CC[C@@H](C(=O)N3CCC[C@H]3C#N)N2)c(Cl)c1. The molecule has 0 aromatic heterocycles. The molecule has 0 aliphatic carbocycles. The van der Waals surface area contributed by atoms with Gasteiger partial charge in [0.25, 0.3) is 0 Å². The first-order valence-corrected chi connectivity index (χ1v) is 8.92. The predicted octanol–water partition coefficient (Wildman–Crippen LogP) is 2.36. The fraction of sp³-hybridized carbons (Fsp3) is 0.556. The van der Waals surface area contributed by atoms with E-state index in [1.54, 1.807) is 30.2 Å². The molecule has 1 aromatic carbocycles. The molecular formula is C18H22ClN3O3. The molecule has 1 N–H and O–H groups in total. The molecule has 0 radical (unpaired) electrons. The van der Waals surface area contributed by atoms with Crippen LogP contribution in [-0.4, -0.2) is 49.2 Å². The van der Waals surface area contributed by atoms with E-state index in [0.29, 0.717) is 29.7 Å². The molecule has 3 atom stereocenters. The van der Waals surface area contributed by atoms with Gasteiger partial charge in [0, 0.05) is 18.7 Å². The van der Waals surface area contributed by atoms with Crippen LogP contribution in [0.3, 0.4) is 0 Å². The van der Waals surface area contributed by atoms with Crippen LogP contribution in [0.1, 0.15) is 25.7 Å². The van der Waals surface area contributed by atoms with Gasteiger partial charge in [-0.3, -0.25) is 10.1 Å². The van der Waals surface area contributed by atoms with Gasteiger partial charge in [-0.25, -0.2) is 0 Å². The minimum absolute atomic E-state index is 0.0361. The molecule has 2 aliphatic rings. The maximum atomic E-state index is 12.6. The largest absolute Gasteiger partial charge is 0.497 e. The Balaban J connectivity index is 1.51. The number of nitrogens with one attached hydrogen (secondary N) is 1. The summed E-state index contributed by atoms with van der Waals surface area (Å²) in [5, 5.41) is 13.0. The van der Waals surface area contributed by atoms with E-state index in [-0.39, 0.29) is 24.0 Å². The summed E-state index contributed by atoms with van der Waals surface area (Å²) in [5.41, 5.74) is 0. The highest BCUT2D eigenvalue weighted by molar-refractivity contribution is 6.32. The number of amides is 1. The van der Waals surface area contributed by atoms with Gasteiger partial charge >= 0.3 is 0 Å².